The third kappa shape index (κ3) is 5.53. The van der Waals surface area contributed by atoms with Crippen LogP contribution < -0.4 is 56.1 Å². The monoisotopic (exact) mass is 379 g/mol. The zero-order chi connectivity index (χ0) is 17.9. The van der Waals surface area contributed by atoms with E-state index in [-0.39, 0.29) is 62.8 Å². The van der Waals surface area contributed by atoms with Gasteiger partial charge in [0.15, 0.2) is 0 Å². The fourth-order valence-electron chi connectivity index (χ4n) is 1.78. The van der Waals surface area contributed by atoms with Crippen LogP contribution in [0.1, 0.15) is 5.56 Å². The molecule has 25 heavy (non-hydrogen) atoms. The number of hydrogen-bond donors (Lipinski definition) is 3. The molecule has 0 fully saturated rings. The van der Waals surface area contributed by atoms with Gasteiger partial charge in [-0.1, -0.05) is 6.92 Å². The molecule has 3 aromatic rings. The molecular formula is C14H10BF3KNO5. The molecule has 1 aromatic carbocycles. The Morgan fingerprint density at radius 3 is 2.44 bits per heavy atom. The second kappa shape index (κ2) is 9.69. The second-order valence-electron chi connectivity index (χ2n) is 4.42. The first kappa shape index (κ1) is 22.1. The van der Waals surface area contributed by atoms with E-state index < -0.39 is 30.5 Å². The van der Waals surface area contributed by atoms with Crippen LogP contribution in [0.4, 0.5) is 13.2 Å². The Balaban J connectivity index is 0.000000568. The summed E-state index contributed by atoms with van der Waals surface area (Å²) in [5.74, 6) is -4.70. The van der Waals surface area contributed by atoms with Crippen LogP contribution in [-0.4, -0.2) is 27.4 Å². The summed E-state index contributed by atoms with van der Waals surface area (Å²) in [5, 5.41) is 21.9. The summed E-state index contributed by atoms with van der Waals surface area (Å²) in [7, 11) is -2.17. The summed E-state index contributed by atoms with van der Waals surface area (Å²) in [5.41, 5.74) is 0.258. The average molecular weight is 379 g/mol. The average Bonchev–Trinajstić information content (AvgIpc) is 2.98. The summed E-state index contributed by atoms with van der Waals surface area (Å²) < 4.78 is 50.9. The molecule has 3 rings (SSSR count). The number of pyridine rings is 1. The number of benzene rings is 1. The Hall–Kier alpha value is -0.919. The Kier molecular flexibility index (Phi) is 8.57. The van der Waals surface area contributed by atoms with Gasteiger partial charge in [-0.25, -0.2) is 9.37 Å². The number of aryl methyl sites for hydroxylation is 1. The summed E-state index contributed by atoms with van der Waals surface area (Å²) in [4.78, 5) is 3.87. The van der Waals surface area contributed by atoms with Gasteiger partial charge in [0, 0.05) is 12.0 Å². The molecule has 126 valence electrons. The minimum absolute atomic E-state index is 0. The molecule has 0 aliphatic carbocycles. The van der Waals surface area contributed by atoms with Crippen molar-refractivity contribution in [3.05, 3.63) is 53.7 Å². The smallest absolute Gasteiger partial charge is 0.464 e. The summed E-state index contributed by atoms with van der Waals surface area (Å²) in [6.45, 7) is 1.26. The van der Waals surface area contributed by atoms with Crippen LogP contribution in [0.25, 0.3) is 11.0 Å². The van der Waals surface area contributed by atoms with Gasteiger partial charge in [-0.3, -0.25) is 8.78 Å². The molecule has 6 nitrogen and oxygen atoms in total. The molecule has 0 saturated heterocycles. The van der Waals surface area contributed by atoms with Crippen LogP contribution in [0.5, 0.6) is 11.6 Å². The number of fused-ring (bicyclic) bond motifs is 1. The maximum absolute atomic E-state index is 13.8. The van der Waals surface area contributed by atoms with Crippen LogP contribution in [0.3, 0.4) is 0 Å². The summed E-state index contributed by atoms with van der Waals surface area (Å²) in [6, 6.07) is 5.03. The van der Waals surface area contributed by atoms with Gasteiger partial charge in [0.05, 0.1) is 29.0 Å². The SMILES string of the molecule is Cc1[c-]c(F)c(F)c(Oc2nccc3occc23)c1F.OB(O)O.[K+]. The van der Waals surface area contributed by atoms with E-state index in [1.165, 1.54) is 25.5 Å². The molecule has 0 bridgehead atoms. The molecule has 2 heterocycles. The first-order valence-corrected chi connectivity index (χ1v) is 6.42. The van der Waals surface area contributed by atoms with Gasteiger partial charge < -0.3 is 24.2 Å². The summed E-state index contributed by atoms with van der Waals surface area (Å²) >= 11 is 0. The van der Waals surface area contributed by atoms with E-state index in [4.69, 9.17) is 24.2 Å². The number of hydrogen-bond acceptors (Lipinski definition) is 6. The van der Waals surface area contributed by atoms with Crippen molar-refractivity contribution in [3.63, 3.8) is 0 Å². The Bertz CT molecular complexity index is 833. The number of furan rings is 1. The van der Waals surface area contributed by atoms with Crippen molar-refractivity contribution in [2.24, 2.45) is 0 Å². The number of halogens is 3. The molecule has 0 amide bonds. The van der Waals surface area contributed by atoms with E-state index in [2.05, 4.69) is 4.98 Å². The predicted molar refractivity (Wildman–Crippen MR) is 76.4 cm³/mol. The third-order valence-electron chi connectivity index (χ3n) is 2.76. The van der Waals surface area contributed by atoms with Crippen molar-refractivity contribution < 1.29 is 88.8 Å². The van der Waals surface area contributed by atoms with Gasteiger partial charge in [0.25, 0.3) is 0 Å². The molecule has 0 atom stereocenters. The molecule has 3 N–H and O–H groups in total. The van der Waals surface area contributed by atoms with Crippen LogP contribution in [0.15, 0.2) is 29.0 Å². The molecule has 0 saturated carbocycles. The van der Waals surface area contributed by atoms with E-state index in [1.807, 2.05) is 6.07 Å². The van der Waals surface area contributed by atoms with Crippen molar-refractivity contribution in [2.75, 3.05) is 0 Å². The minimum Gasteiger partial charge on any atom is -0.464 e. The first-order valence-electron chi connectivity index (χ1n) is 6.42. The molecule has 0 aliphatic heterocycles. The summed E-state index contributed by atoms with van der Waals surface area (Å²) in [6.07, 6.45) is 2.74. The zero-order valence-electron chi connectivity index (χ0n) is 13.1. The Morgan fingerprint density at radius 2 is 1.80 bits per heavy atom. The first-order chi connectivity index (χ1) is 11.3. The Labute approximate surface area is 182 Å². The topological polar surface area (TPSA) is 96.0 Å². The van der Waals surface area contributed by atoms with E-state index in [9.17, 15) is 13.2 Å². The van der Waals surface area contributed by atoms with Gasteiger partial charge >= 0.3 is 58.7 Å². The van der Waals surface area contributed by atoms with Crippen LogP contribution in [-0.2, 0) is 0 Å². The van der Waals surface area contributed by atoms with E-state index in [0.717, 1.165) is 0 Å². The van der Waals surface area contributed by atoms with Crippen molar-refractivity contribution in [1.82, 2.24) is 4.98 Å². The van der Waals surface area contributed by atoms with Crippen molar-refractivity contribution in [3.8, 4) is 11.6 Å². The van der Waals surface area contributed by atoms with Crippen molar-refractivity contribution in [2.45, 2.75) is 6.92 Å². The van der Waals surface area contributed by atoms with Gasteiger partial charge in [-0.2, -0.15) is 0 Å². The molecule has 0 unspecified atom stereocenters. The van der Waals surface area contributed by atoms with Gasteiger partial charge in [0.2, 0.25) is 5.88 Å². The molecule has 0 radical (unpaired) electrons. The second-order valence-corrected chi connectivity index (χ2v) is 4.42. The third-order valence-corrected chi connectivity index (χ3v) is 2.76. The molecule has 0 aliphatic rings. The molecular weight excluding hydrogens is 369 g/mol. The van der Waals surface area contributed by atoms with Crippen molar-refractivity contribution in [1.29, 1.82) is 0 Å². The van der Waals surface area contributed by atoms with E-state index >= 15 is 0 Å². The van der Waals surface area contributed by atoms with Crippen molar-refractivity contribution >= 4 is 18.3 Å². The van der Waals surface area contributed by atoms with Gasteiger partial charge in [0.1, 0.15) is 5.58 Å². The fourth-order valence-corrected chi connectivity index (χ4v) is 1.78. The van der Waals surface area contributed by atoms with Gasteiger partial charge in [-0.15, -0.1) is 11.6 Å². The van der Waals surface area contributed by atoms with E-state index in [1.54, 1.807) is 6.07 Å². The van der Waals surface area contributed by atoms with Crippen LogP contribution in [0.2, 0.25) is 0 Å². The predicted octanol–water partition coefficient (Wildman–Crippen LogP) is -0.902. The number of ether oxygens (including phenoxy) is 1. The van der Waals surface area contributed by atoms with E-state index in [0.29, 0.717) is 11.0 Å². The maximum Gasteiger partial charge on any atom is 1.00 e. The fraction of sp³-hybridized carbons (Fsp3) is 0.0714. The largest absolute Gasteiger partial charge is 1.00 e. The quantitative estimate of drug-likeness (QED) is 0.304. The molecule has 11 heteroatoms. The maximum atomic E-state index is 13.8. The normalized spacial score (nSPS) is 9.88. The van der Waals surface area contributed by atoms with Crippen LogP contribution in [0, 0.1) is 30.4 Å². The number of rotatable bonds is 2. The standard InChI is InChI=1S/C14H7F3NO2.BH3O3.K/c1-7-6-9(15)12(17)13(11(7)16)20-14-8-3-5-19-10(8)2-4-18-14;2-1(3)4;/h2-5H,1H3;2-4H;/q-1;;+1. The number of aromatic nitrogens is 1. The Morgan fingerprint density at radius 1 is 1.16 bits per heavy atom. The molecule has 2 aromatic heterocycles. The minimum atomic E-state index is -2.17. The number of nitrogens with zero attached hydrogens (tertiary/aromatic N) is 1. The van der Waals surface area contributed by atoms with Gasteiger partial charge in [-0.05, 0) is 12.1 Å². The zero-order valence-corrected chi connectivity index (χ0v) is 16.2. The van der Waals surface area contributed by atoms with Crippen LogP contribution >= 0.6 is 0 Å². The molecule has 0 spiro atoms.